The van der Waals surface area contributed by atoms with E-state index in [-0.39, 0.29) is 18.6 Å². The zero-order chi connectivity index (χ0) is 20.1. The Labute approximate surface area is 167 Å². The molecular formula is C20H20ClN3O4. The van der Waals surface area contributed by atoms with Crippen LogP contribution in [0.3, 0.4) is 0 Å². The van der Waals surface area contributed by atoms with Crippen LogP contribution < -0.4 is 20.2 Å². The molecule has 1 heterocycles. The largest absolute Gasteiger partial charge is 0.454 e. The number of fused-ring (bicyclic) bond motifs is 1. The fourth-order valence-corrected chi connectivity index (χ4v) is 2.80. The highest BCUT2D eigenvalue weighted by molar-refractivity contribution is 6.33. The van der Waals surface area contributed by atoms with Crippen LogP contribution in [-0.2, 0) is 4.79 Å². The number of amides is 2. The first kappa shape index (κ1) is 19.7. The third-order valence-electron chi connectivity index (χ3n) is 4.15. The van der Waals surface area contributed by atoms with Crippen LogP contribution >= 0.6 is 11.6 Å². The Morgan fingerprint density at radius 3 is 2.64 bits per heavy atom. The van der Waals surface area contributed by atoms with Gasteiger partial charge < -0.3 is 14.8 Å². The summed E-state index contributed by atoms with van der Waals surface area (Å²) in [6.07, 6.45) is 1.46. The van der Waals surface area contributed by atoms with E-state index >= 15 is 0 Å². The second-order valence-electron chi connectivity index (χ2n) is 6.52. The molecule has 2 amide bonds. The Bertz CT molecular complexity index is 914. The maximum atomic E-state index is 12.6. The minimum absolute atomic E-state index is 0.126. The van der Waals surface area contributed by atoms with E-state index in [0.29, 0.717) is 27.6 Å². The first-order valence-corrected chi connectivity index (χ1v) is 9.11. The lowest BCUT2D eigenvalue weighted by atomic mass is 10.0. The molecule has 1 aliphatic heterocycles. The van der Waals surface area contributed by atoms with Gasteiger partial charge in [-0.15, -0.1) is 0 Å². The van der Waals surface area contributed by atoms with Crippen molar-refractivity contribution in [2.45, 2.75) is 19.9 Å². The van der Waals surface area contributed by atoms with Gasteiger partial charge in [0.05, 0.1) is 6.21 Å². The molecule has 8 heteroatoms. The van der Waals surface area contributed by atoms with Crippen LogP contribution in [0.1, 0.15) is 29.8 Å². The van der Waals surface area contributed by atoms with Crippen LogP contribution in [0.15, 0.2) is 47.6 Å². The normalized spacial score (nSPS) is 13.6. The lowest BCUT2D eigenvalue weighted by Crippen LogP contribution is -2.48. The summed E-state index contributed by atoms with van der Waals surface area (Å²) in [5, 5.41) is 7.20. The second-order valence-corrected chi connectivity index (χ2v) is 6.93. The van der Waals surface area contributed by atoms with Gasteiger partial charge in [0.25, 0.3) is 11.8 Å². The van der Waals surface area contributed by atoms with E-state index in [1.807, 2.05) is 19.9 Å². The Hall–Kier alpha value is -3.06. The van der Waals surface area contributed by atoms with Crippen LogP contribution in [0, 0.1) is 5.92 Å². The maximum absolute atomic E-state index is 12.6. The molecule has 1 aliphatic rings. The van der Waals surface area contributed by atoms with Crippen molar-refractivity contribution in [2.24, 2.45) is 11.0 Å². The van der Waals surface area contributed by atoms with Crippen molar-refractivity contribution in [3.8, 4) is 11.5 Å². The van der Waals surface area contributed by atoms with Gasteiger partial charge in [-0.3, -0.25) is 9.59 Å². The lowest BCUT2D eigenvalue weighted by molar-refractivity contribution is -0.123. The average Bonchev–Trinajstić information content (AvgIpc) is 3.14. The number of carbonyl (C=O) groups excluding carboxylic acids is 2. The fraction of sp³-hybridized carbons (Fsp3) is 0.250. The fourth-order valence-electron chi connectivity index (χ4n) is 2.61. The topological polar surface area (TPSA) is 89.0 Å². The molecule has 0 fully saturated rings. The molecule has 0 radical (unpaired) electrons. The molecule has 28 heavy (non-hydrogen) atoms. The van der Waals surface area contributed by atoms with Crippen molar-refractivity contribution in [1.82, 2.24) is 10.7 Å². The molecule has 2 aromatic rings. The molecule has 0 saturated carbocycles. The minimum atomic E-state index is -0.763. The molecule has 0 spiro atoms. The Balaban J connectivity index is 1.64. The van der Waals surface area contributed by atoms with Crippen molar-refractivity contribution in [3.05, 3.63) is 58.6 Å². The van der Waals surface area contributed by atoms with Crippen LogP contribution in [0.4, 0.5) is 0 Å². The average molecular weight is 402 g/mol. The zero-order valence-electron chi connectivity index (χ0n) is 15.4. The van der Waals surface area contributed by atoms with Crippen molar-refractivity contribution in [2.75, 3.05) is 6.79 Å². The van der Waals surface area contributed by atoms with E-state index in [4.69, 9.17) is 21.1 Å². The van der Waals surface area contributed by atoms with E-state index in [1.54, 1.807) is 36.4 Å². The van der Waals surface area contributed by atoms with E-state index in [1.165, 1.54) is 6.21 Å². The number of benzene rings is 2. The standard InChI is InChI=1S/C20H20ClN3O4/c1-12(2)18(20(26)24-22-10-14-5-3-4-6-15(14)21)23-19(25)13-7-8-16-17(9-13)28-11-27-16/h3-10,12,18H,11H2,1-2H3,(H,23,25)(H,24,26). The van der Waals surface area contributed by atoms with E-state index in [9.17, 15) is 9.59 Å². The molecule has 2 aromatic carbocycles. The summed E-state index contributed by atoms with van der Waals surface area (Å²) in [5.41, 5.74) is 3.50. The monoisotopic (exact) mass is 401 g/mol. The third kappa shape index (κ3) is 4.61. The third-order valence-corrected chi connectivity index (χ3v) is 4.50. The maximum Gasteiger partial charge on any atom is 0.262 e. The molecule has 0 saturated heterocycles. The van der Waals surface area contributed by atoms with Gasteiger partial charge in [0, 0.05) is 16.1 Å². The molecule has 3 rings (SSSR count). The number of hydrazone groups is 1. The van der Waals surface area contributed by atoms with Gasteiger partial charge in [-0.1, -0.05) is 43.6 Å². The van der Waals surface area contributed by atoms with Crippen molar-refractivity contribution < 1.29 is 19.1 Å². The van der Waals surface area contributed by atoms with Gasteiger partial charge in [0.2, 0.25) is 6.79 Å². The van der Waals surface area contributed by atoms with E-state index < -0.39 is 11.9 Å². The summed E-state index contributed by atoms with van der Waals surface area (Å²) in [7, 11) is 0. The summed E-state index contributed by atoms with van der Waals surface area (Å²) in [6.45, 7) is 3.80. The molecule has 0 aromatic heterocycles. The molecule has 0 aliphatic carbocycles. The zero-order valence-corrected chi connectivity index (χ0v) is 16.2. The predicted molar refractivity (Wildman–Crippen MR) is 106 cm³/mol. The number of ether oxygens (including phenoxy) is 2. The number of halogens is 1. The highest BCUT2D eigenvalue weighted by Gasteiger charge is 2.25. The molecule has 0 bridgehead atoms. The minimum Gasteiger partial charge on any atom is -0.454 e. The van der Waals surface area contributed by atoms with Gasteiger partial charge in [0.1, 0.15) is 6.04 Å². The van der Waals surface area contributed by atoms with Gasteiger partial charge in [-0.05, 0) is 30.2 Å². The first-order valence-electron chi connectivity index (χ1n) is 8.73. The highest BCUT2D eigenvalue weighted by atomic mass is 35.5. The van der Waals surface area contributed by atoms with Gasteiger partial charge >= 0.3 is 0 Å². The Morgan fingerprint density at radius 1 is 1.14 bits per heavy atom. The molecule has 7 nitrogen and oxygen atoms in total. The summed E-state index contributed by atoms with van der Waals surface area (Å²) < 4.78 is 10.5. The molecule has 1 unspecified atom stereocenters. The predicted octanol–water partition coefficient (Wildman–Crippen LogP) is 2.97. The SMILES string of the molecule is CC(C)C(NC(=O)c1ccc2c(c1)OCO2)C(=O)NN=Cc1ccccc1Cl. The van der Waals surface area contributed by atoms with Crippen LogP contribution in [0.5, 0.6) is 11.5 Å². The highest BCUT2D eigenvalue weighted by Crippen LogP contribution is 2.32. The van der Waals surface area contributed by atoms with Crippen LogP contribution in [0.25, 0.3) is 0 Å². The lowest BCUT2D eigenvalue weighted by Gasteiger charge is -2.20. The number of hydrogen-bond acceptors (Lipinski definition) is 5. The number of nitrogens with one attached hydrogen (secondary N) is 2. The van der Waals surface area contributed by atoms with Gasteiger partial charge in [0.15, 0.2) is 11.5 Å². The summed E-state index contributed by atoms with van der Waals surface area (Å²) in [5.74, 6) is 0.134. The summed E-state index contributed by atoms with van der Waals surface area (Å²) in [4.78, 5) is 25.1. The Kier molecular flexibility index (Phi) is 6.16. The Morgan fingerprint density at radius 2 is 1.89 bits per heavy atom. The van der Waals surface area contributed by atoms with Crippen molar-refractivity contribution in [1.29, 1.82) is 0 Å². The number of rotatable bonds is 6. The van der Waals surface area contributed by atoms with Gasteiger partial charge in [-0.25, -0.2) is 5.43 Å². The quantitative estimate of drug-likeness (QED) is 0.575. The summed E-state index contributed by atoms with van der Waals surface area (Å²) in [6, 6.07) is 11.2. The smallest absolute Gasteiger partial charge is 0.262 e. The first-order chi connectivity index (χ1) is 13.5. The number of nitrogens with zero attached hydrogens (tertiary/aromatic N) is 1. The molecule has 2 N–H and O–H groups in total. The molecule has 1 atom stereocenters. The van der Waals surface area contributed by atoms with E-state index in [2.05, 4.69) is 15.8 Å². The van der Waals surface area contributed by atoms with Crippen molar-refractivity contribution >= 4 is 29.6 Å². The molecule has 146 valence electrons. The second kappa shape index (κ2) is 8.75. The molecular weight excluding hydrogens is 382 g/mol. The van der Waals surface area contributed by atoms with Crippen molar-refractivity contribution in [3.63, 3.8) is 0 Å². The van der Waals surface area contributed by atoms with Crippen LogP contribution in [0.2, 0.25) is 5.02 Å². The van der Waals surface area contributed by atoms with E-state index in [0.717, 1.165) is 0 Å². The number of hydrogen-bond donors (Lipinski definition) is 2. The summed E-state index contributed by atoms with van der Waals surface area (Å²) >= 11 is 6.05. The van der Waals surface area contributed by atoms with Crippen LogP contribution in [-0.4, -0.2) is 30.9 Å². The van der Waals surface area contributed by atoms with Gasteiger partial charge in [-0.2, -0.15) is 5.10 Å². The number of carbonyl (C=O) groups is 2.